The zero-order valence-corrected chi connectivity index (χ0v) is 10.1. The van der Waals surface area contributed by atoms with E-state index in [9.17, 15) is 0 Å². The average molecular weight is 260 g/mol. The topological polar surface area (TPSA) is 26.0 Å². The summed E-state index contributed by atoms with van der Waals surface area (Å²) in [6, 6.07) is 6.43. The summed E-state index contributed by atoms with van der Waals surface area (Å²) in [5, 5.41) is 0. The number of hydrogen-bond acceptors (Lipinski definition) is 2. The molecule has 13 heavy (non-hydrogen) atoms. The lowest BCUT2D eigenvalue weighted by Gasteiger charge is -2.04. The van der Waals surface area contributed by atoms with Crippen LogP contribution in [-0.4, -0.2) is 12.3 Å². The Bertz CT molecular complexity index is 276. The predicted octanol–water partition coefficient (Wildman–Crippen LogP) is 3.20. The van der Waals surface area contributed by atoms with Gasteiger partial charge in [0.25, 0.3) is 0 Å². The van der Waals surface area contributed by atoms with Crippen LogP contribution in [0.3, 0.4) is 0 Å². The van der Waals surface area contributed by atoms with E-state index in [-0.39, 0.29) is 0 Å². The van der Waals surface area contributed by atoms with Gasteiger partial charge in [-0.15, -0.1) is 11.8 Å². The van der Waals surface area contributed by atoms with Crippen molar-refractivity contribution < 1.29 is 0 Å². The van der Waals surface area contributed by atoms with Crippen molar-refractivity contribution in [3.05, 3.63) is 28.2 Å². The van der Waals surface area contributed by atoms with Crippen molar-refractivity contribution in [3.63, 3.8) is 0 Å². The average Bonchev–Trinajstić information content (AvgIpc) is 2.09. The molecule has 3 heteroatoms. The maximum Gasteiger partial charge on any atom is 0.0313 e. The second kappa shape index (κ2) is 5.68. The number of benzene rings is 1. The summed E-state index contributed by atoms with van der Waals surface area (Å²) in [4.78, 5) is 1.30. The fraction of sp³-hybridized carbons (Fsp3) is 0.400. The van der Waals surface area contributed by atoms with Crippen molar-refractivity contribution >= 4 is 27.7 Å². The van der Waals surface area contributed by atoms with Gasteiger partial charge in [0, 0.05) is 9.37 Å². The van der Waals surface area contributed by atoms with Crippen molar-refractivity contribution in [1.82, 2.24) is 0 Å². The van der Waals surface area contributed by atoms with Gasteiger partial charge in [0.05, 0.1) is 0 Å². The summed E-state index contributed by atoms with van der Waals surface area (Å²) in [5.74, 6) is 1.10. The Hall–Kier alpha value is 0.01000. The van der Waals surface area contributed by atoms with Crippen molar-refractivity contribution in [1.29, 1.82) is 0 Å². The molecule has 1 aromatic carbocycles. The Kier molecular flexibility index (Phi) is 4.84. The molecule has 0 aliphatic rings. The molecule has 0 radical (unpaired) electrons. The lowest BCUT2D eigenvalue weighted by atomic mass is 10.2. The molecule has 0 unspecified atom stereocenters. The Morgan fingerprint density at radius 3 is 2.85 bits per heavy atom. The van der Waals surface area contributed by atoms with Gasteiger partial charge in [-0.25, -0.2) is 0 Å². The zero-order valence-electron chi connectivity index (χ0n) is 7.72. The number of thioether (sulfide) groups is 1. The largest absolute Gasteiger partial charge is 0.330 e. The van der Waals surface area contributed by atoms with Crippen molar-refractivity contribution in [2.24, 2.45) is 5.73 Å². The fourth-order valence-corrected chi connectivity index (χ4v) is 2.72. The van der Waals surface area contributed by atoms with Crippen molar-refractivity contribution in [2.45, 2.75) is 18.2 Å². The highest BCUT2D eigenvalue weighted by Gasteiger charge is 1.99. The van der Waals surface area contributed by atoms with Gasteiger partial charge in [0.15, 0.2) is 0 Å². The third-order valence-corrected chi connectivity index (χ3v) is 3.77. The predicted molar refractivity (Wildman–Crippen MR) is 63.3 cm³/mol. The molecule has 1 rings (SSSR count). The van der Waals surface area contributed by atoms with Gasteiger partial charge in [0.1, 0.15) is 0 Å². The molecule has 0 saturated heterocycles. The molecule has 1 aromatic rings. The van der Waals surface area contributed by atoms with Crippen LogP contribution in [0.25, 0.3) is 0 Å². The minimum Gasteiger partial charge on any atom is -0.330 e. The highest BCUT2D eigenvalue weighted by Crippen LogP contribution is 2.28. The summed E-state index contributed by atoms with van der Waals surface area (Å²) >= 11 is 5.40. The summed E-state index contributed by atoms with van der Waals surface area (Å²) in [6.45, 7) is 2.87. The smallest absolute Gasteiger partial charge is 0.0313 e. The van der Waals surface area contributed by atoms with Crippen LogP contribution in [0.2, 0.25) is 0 Å². The van der Waals surface area contributed by atoms with E-state index >= 15 is 0 Å². The number of halogens is 1. The minimum absolute atomic E-state index is 0.774. The van der Waals surface area contributed by atoms with Gasteiger partial charge >= 0.3 is 0 Å². The molecule has 0 aliphatic carbocycles. The minimum atomic E-state index is 0.774. The lowest BCUT2D eigenvalue weighted by Crippen LogP contribution is -1.99. The maximum atomic E-state index is 5.43. The van der Waals surface area contributed by atoms with E-state index in [4.69, 9.17) is 5.73 Å². The number of nitrogens with two attached hydrogens (primary N) is 1. The monoisotopic (exact) mass is 259 g/mol. The number of aryl methyl sites for hydroxylation is 1. The third kappa shape index (κ3) is 3.71. The van der Waals surface area contributed by atoms with Crippen LogP contribution in [0.15, 0.2) is 27.6 Å². The highest BCUT2D eigenvalue weighted by atomic mass is 79.9. The second-order valence-electron chi connectivity index (χ2n) is 2.92. The Morgan fingerprint density at radius 1 is 1.46 bits per heavy atom. The van der Waals surface area contributed by atoms with E-state index in [1.165, 1.54) is 14.9 Å². The third-order valence-electron chi connectivity index (χ3n) is 1.69. The van der Waals surface area contributed by atoms with Crippen LogP contribution >= 0.6 is 27.7 Å². The van der Waals surface area contributed by atoms with Crippen LogP contribution in [0.5, 0.6) is 0 Å². The van der Waals surface area contributed by atoms with Crippen molar-refractivity contribution in [3.8, 4) is 0 Å². The summed E-state index contributed by atoms with van der Waals surface area (Å²) in [6.07, 6.45) is 1.07. The first-order valence-corrected chi connectivity index (χ1v) is 6.11. The highest BCUT2D eigenvalue weighted by molar-refractivity contribution is 9.10. The zero-order chi connectivity index (χ0) is 9.68. The fourth-order valence-electron chi connectivity index (χ4n) is 0.988. The molecule has 0 fully saturated rings. The van der Waals surface area contributed by atoms with Gasteiger partial charge < -0.3 is 5.73 Å². The van der Waals surface area contributed by atoms with Crippen LogP contribution in [0.1, 0.15) is 12.0 Å². The molecular weight excluding hydrogens is 246 g/mol. The van der Waals surface area contributed by atoms with E-state index in [0.29, 0.717) is 0 Å². The Balaban J connectivity index is 2.56. The van der Waals surface area contributed by atoms with Gasteiger partial charge in [0.2, 0.25) is 0 Å². The van der Waals surface area contributed by atoms with E-state index in [0.717, 1.165) is 18.7 Å². The van der Waals surface area contributed by atoms with Crippen LogP contribution in [0, 0.1) is 6.92 Å². The van der Waals surface area contributed by atoms with E-state index in [1.54, 1.807) is 0 Å². The van der Waals surface area contributed by atoms with Gasteiger partial charge in [-0.2, -0.15) is 0 Å². The molecule has 0 bridgehead atoms. The molecule has 0 saturated carbocycles. The molecule has 0 spiro atoms. The van der Waals surface area contributed by atoms with Gasteiger partial charge in [-0.1, -0.05) is 6.07 Å². The van der Waals surface area contributed by atoms with E-state index in [1.807, 2.05) is 11.8 Å². The molecule has 0 amide bonds. The molecule has 0 aromatic heterocycles. The molecular formula is C10H14BrNS. The molecule has 72 valence electrons. The normalized spacial score (nSPS) is 10.4. The first-order valence-electron chi connectivity index (χ1n) is 4.33. The SMILES string of the molecule is Cc1ccc(SCCCN)c(Br)c1. The summed E-state index contributed by atoms with van der Waals surface area (Å²) in [5.41, 5.74) is 6.72. The Labute approximate surface area is 92.2 Å². The van der Waals surface area contributed by atoms with Gasteiger partial charge in [-0.3, -0.25) is 0 Å². The van der Waals surface area contributed by atoms with Gasteiger partial charge in [-0.05, 0) is 59.3 Å². The van der Waals surface area contributed by atoms with E-state index < -0.39 is 0 Å². The Morgan fingerprint density at radius 2 is 2.23 bits per heavy atom. The van der Waals surface area contributed by atoms with Crippen LogP contribution in [-0.2, 0) is 0 Å². The molecule has 0 atom stereocenters. The standard InChI is InChI=1S/C10H14BrNS/c1-8-3-4-10(9(11)7-8)13-6-2-5-12/h3-4,7H,2,5-6,12H2,1H3. The molecule has 2 N–H and O–H groups in total. The molecule has 1 nitrogen and oxygen atoms in total. The van der Waals surface area contributed by atoms with Crippen LogP contribution in [0.4, 0.5) is 0 Å². The second-order valence-corrected chi connectivity index (χ2v) is 4.92. The summed E-state index contributed by atoms with van der Waals surface area (Å²) < 4.78 is 1.19. The first-order chi connectivity index (χ1) is 6.24. The number of hydrogen-bond donors (Lipinski definition) is 1. The number of rotatable bonds is 4. The molecule has 0 heterocycles. The first kappa shape index (κ1) is 11.1. The molecule has 0 aliphatic heterocycles. The quantitative estimate of drug-likeness (QED) is 0.664. The maximum absolute atomic E-state index is 5.43. The van der Waals surface area contributed by atoms with Crippen LogP contribution < -0.4 is 5.73 Å². The van der Waals surface area contributed by atoms with Crippen molar-refractivity contribution in [2.75, 3.05) is 12.3 Å². The van der Waals surface area contributed by atoms with E-state index in [2.05, 4.69) is 41.1 Å². The summed E-state index contributed by atoms with van der Waals surface area (Å²) in [7, 11) is 0. The lowest BCUT2D eigenvalue weighted by molar-refractivity contribution is 0.943.